The van der Waals surface area contributed by atoms with Crippen LogP contribution in [0.5, 0.6) is 0 Å². The lowest BCUT2D eigenvalue weighted by atomic mass is 10.1. The van der Waals surface area contributed by atoms with Gasteiger partial charge in [0, 0.05) is 29.9 Å². The molecule has 0 aromatic heterocycles. The number of likely N-dealkylation sites (N-methyl/N-ethyl adjacent to an activating group) is 1. The molecule has 1 fully saturated rings. The SMILES string of the molecule is C=CC(=O)N(C)c1ccc(C(=O)N2CCO[C@@H](c3ccc(Cl)cc3)C2)cc1. The Kier molecular flexibility index (Phi) is 5.94. The molecule has 0 bridgehead atoms. The molecular formula is C21H21ClN2O3. The third kappa shape index (κ3) is 4.38. The van der Waals surface area contributed by atoms with E-state index >= 15 is 0 Å². The number of benzene rings is 2. The fourth-order valence-corrected chi connectivity index (χ4v) is 3.11. The highest BCUT2D eigenvalue weighted by molar-refractivity contribution is 6.30. The Hall–Kier alpha value is -2.63. The maximum absolute atomic E-state index is 12.9. The van der Waals surface area contributed by atoms with E-state index in [1.54, 1.807) is 36.2 Å². The van der Waals surface area contributed by atoms with Crippen LogP contribution in [-0.2, 0) is 9.53 Å². The van der Waals surface area contributed by atoms with Gasteiger partial charge in [0.25, 0.3) is 5.91 Å². The minimum Gasteiger partial charge on any atom is -0.370 e. The highest BCUT2D eigenvalue weighted by atomic mass is 35.5. The first kappa shape index (κ1) is 19.1. The molecule has 0 aliphatic carbocycles. The molecule has 1 aliphatic heterocycles. The zero-order valence-electron chi connectivity index (χ0n) is 15.1. The van der Waals surface area contributed by atoms with Crippen LogP contribution in [0.1, 0.15) is 22.0 Å². The molecule has 0 saturated carbocycles. The van der Waals surface area contributed by atoms with E-state index in [9.17, 15) is 9.59 Å². The largest absolute Gasteiger partial charge is 0.370 e. The molecule has 3 rings (SSSR count). The second-order valence-electron chi connectivity index (χ2n) is 6.31. The first-order chi connectivity index (χ1) is 13.0. The lowest BCUT2D eigenvalue weighted by Crippen LogP contribution is -2.42. The quantitative estimate of drug-likeness (QED) is 0.755. The molecule has 1 heterocycles. The van der Waals surface area contributed by atoms with Crippen LogP contribution in [0, 0.1) is 0 Å². The van der Waals surface area contributed by atoms with Crippen LogP contribution >= 0.6 is 11.6 Å². The van der Waals surface area contributed by atoms with E-state index in [-0.39, 0.29) is 17.9 Å². The Bertz CT molecular complexity index is 834. The number of anilines is 1. The van der Waals surface area contributed by atoms with Crippen molar-refractivity contribution in [2.45, 2.75) is 6.10 Å². The highest BCUT2D eigenvalue weighted by Gasteiger charge is 2.26. The molecule has 0 spiro atoms. The van der Waals surface area contributed by atoms with Crippen molar-refractivity contribution < 1.29 is 14.3 Å². The van der Waals surface area contributed by atoms with E-state index in [2.05, 4.69) is 6.58 Å². The number of hydrogen-bond acceptors (Lipinski definition) is 3. The van der Waals surface area contributed by atoms with Gasteiger partial charge in [-0.15, -0.1) is 0 Å². The number of nitrogens with zero attached hydrogens (tertiary/aromatic N) is 2. The third-order valence-electron chi connectivity index (χ3n) is 4.60. The van der Waals surface area contributed by atoms with Crippen molar-refractivity contribution in [1.29, 1.82) is 0 Å². The lowest BCUT2D eigenvalue weighted by molar-refractivity contribution is -0.113. The van der Waals surface area contributed by atoms with Crippen LogP contribution in [0.3, 0.4) is 0 Å². The first-order valence-electron chi connectivity index (χ1n) is 8.66. The Morgan fingerprint density at radius 1 is 1.19 bits per heavy atom. The van der Waals surface area contributed by atoms with Crippen LogP contribution < -0.4 is 4.90 Å². The molecule has 140 valence electrons. The van der Waals surface area contributed by atoms with Gasteiger partial charge in [-0.1, -0.05) is 30.3 Å². The van der Waals surface area contributed by atoms with Crippen molar-refractivity contribution in [2.24, 2.45) is 0 Å². The number of carbonyl (C=O) groups excluding carboxylic acids is 2. The van der Waals surface area contributed by atoms with E-state index < -0.39 is 0 Å². The molecule has 2 amide bonds. The van der Waals surface area contributed by atoms with E-state index in [1.807, 2.05) is 24.3 Å². The molecule has 27 heavy (non-hydrogen) atoms. The molecule has 2 aromatic carbocycles. The zero-order valence-corrected chi connectivity index (χ0v) is 15.9. The number of halogens is 1. The maximum Gasteiger partial charge on any atom is 0.254 e. The summed E-state index contributed by atoms with van der Waals surface area (Å²) < 4.78 is 5.82. The van der Waals surface area contributed by atoms with Crippen LogP contribution in [0.2, 0.25) is 5.02 Å². The summed E-state index contributed by atoms with van der Waals surface area (Å²) in [4.78, 5) is 27.8. The van der Waals surface area contributed by atoms with Crippen LogP contribution in [0.15, 0.2) is 61.2 Å². The number of hydrogen-bond donors (Lipinski definition) is 0. The Labute approximate surface area is 163 Å². The van der Waals surface area contributed by atoms with Gasteiger partial charge in [0.1, 0.15) is 6.10 Å². The van der Waals surface area contributed by atoms with Crippen molar-refractivity contribution in [3.8, 4) is 0 Å². The number of rotatable bonds is 4. The number of ether oxygens (including phenoxy) is 1. The average Bonchev–Trinajstić information content (AvgIpc) is 2.73. The molecule has 0 N–H and O–H groups in total. The number of amides is 2. The third-order valence-corrected chi connectivity index (χ3v) is 4.85. The molecule has 1 aliphatic rings. The minimum atomic E-state index is -0.201. The van der Waals surface area contributed by atoms with Gasteiger partial charge in [0.15, 0.2) is 0 Å². The van der Waals surface area contributed by atoms with Gasteiger partial charge in [-0.3, -0.25) is 9.59 Å². The average molecular weight is 385 g/mol. The van der Waals surface area contributed by atoms with E-state index in [4.69, 9.17) is 16.3 Å². The Balaban J connectivity index is 1.70. The fraction of sp³-hybridized carbons (Fsp3) is 0.238. The van der Waals surface area contributed by atoms with Gasteiger partial charge in [-0.05, 0) is 48.0 Å². The zero-order chi connectivity index (χ0) is 19.4. The van der Waals surface area contributed by atoms with Gasteiger partial charge in [0.2, 0.25) is 5.91 Å². The summed E-state index contributed by atoms with van der Waals surface area (Å²) >= 11 is 5.94. The van der Waals surface area contributed by atoms with E-state index in [0.717, 1.165) is 5.56 Å². The van der Waals surface area contributed by atoms with Crippen molar-refractivity contribution in [2.75, 3.05) is 31.6 Å². The summed E-state index contributed by atoms with van der Waals surface area (Å²) in [5, 5.41) is 0.669. The molecule has 1 saturated heterocycles. The number of morpholine rings is 1. The van der Waals surface area contributed by atoms with Gasteiger partial charge in [-0.2, -0.15) is 0 Å². The smallest absolute Gasteiger partial charge is 0.254 e. The van der Waals surface area contributed by atoms with E-state index in [1.165, 1.54) is 11.0 Å². The van der Waals surface area contributed by atoms with E-state index in [0.29, 0.717) is 36.0 Å². The van der Waals surface area contributed by atoms with Crippen LogP contribution in [-0.4, -0.2) is 43.5 Å². The normalized spacial score (nSPS) is 16.7. The van der Waals surface area contributed by atoms with Gasteiger partial charge in [-0.25, -0.2) is 0 Å². The molecule has 5 nitrogen and oxygen atoms in total. The van der Waals surface area contributed by atoms with Crippen LogP contribution in [0.4, 0.5) is 5.69 Å². The van der Waals surface area contributed by atoms with Crippen molar-refractivity contribution in [3.05, 3.63) is 77.3 Å². The summed E-state index contributed by atoms with van der Waals surface area (Å²) in [6.07, 6.45) is 1.08. The molecule has 0 radical (unpaired) electrons. The molecule has 0 unspecified atom stereocenters. The monoisotopic (exact) mass is 384 g/mol. The topological polar surface area (TPSA) is 49.9 Å². The lowest BCUT2D eigenvalue weighted by Gasteiger charge is -2.33. The summed E-state index contributed by atoms with van der Waals surface area (Å²) in [6, 6.07) is 14.5. The number of carbonyl (C=O) groups is 2. The summed E-state index contributed by atoms with van der Waals surface area (Å²) in [6.45, 7) is 4.98. The Morgan fingerprint density at radius 3 is 2.48 bits per heavy atom. The summed E-state index contributed by atoms with van der Waals surface area (Å²) in [7, 11) is 1.67. The molecule has 2 aromatic rings. The Morgan fingerprint density at radius 2 is 1.85 bits per heavy atom. The molecule has 6 heteroatoms. The second kappa shape index (κ2) is 8.37. The van der Waals surface area contributed by atoms with Gasteiger partial charge >= 0.3 is 0 Å². The predicted molar refractivity (Wildman–Crippen MR) is 106 cm³/mol. The molecular weight excluding hydrogens is 364 g/mol. The van der Waals surface area contributed by atoms with Crippen LogP contribution in [0.25, 0.3) is 0 Å². The van der Waals surface area contributed by atoms with Crippen molar-refractivity contribution in [1.82, 2.24) is 4.90 Å². The van der Waals surface area contributed by atoms with Crippen molar-refractivity contribution in [3.63, 3.8) is 0 Å². The van der Waals surface area contributed by atoms with Gasteiger partial charge < -0.3 is 14.5 Å². The standard InChI is InChI=1S/C21H21ClN2O3/c1-3-20(25)23(2)18-10-6-16(7-11-18)21(26)24-12-13-27-19(14-24)15-4-8-17(22)9-5-15/h3-11,19H,1,12-14H2,2H3/t19-/m1/s1. The van der Waals surface area contributed by atoms with Gasteiger partial charge in [0.05, 0.1) is 13.2 Å². The minimum absolute atomic E-state index is 0.0542. The highest BCUT2D eigenvalue weighted by Crippen LogP contribution is 2.25. The summed E-state index contributed by atoms with van der Waals surface area (Å²) in [5.74, 6) is -0.255. The maximum atomic E-state index is 12.9. The van der Waals surface area contributed by atoms with Crippen molar-refractivity contribution >= 4 is 29.1 Å². The summed E-state index contributed by atoms with van der Waals surface area (Å²) in [5.41, 5.74) is 2.28. The predicted octanol–water partition coefficient (Wildman–Crippen LogP) is 3.70. The molecule has 1 atom stereocenters. The second-order valence-corrected chi connectivity index (χ2v) is 6.75. The first-order valence-corrected chi connectivity index (χ1v) is 9.04. The fourth-order valence-electron chi connectivity index (χ4n) is 2.99.